The van der Waals surface area contributed by atoms with E-state index in [4.69, 9.17) is 14.5 Å². The molecule has 34 heavy (non-hydrogen) atoms. The highest BCUT2D eigenvalue weighted by atomic mass is 32.2. The molecule has 1 fully saturated rings. The Balaban J connectivity index is 1.63. The van der Waals surface area contributed by atoms with Gasteiger partial charge in [-0.1, -0.05) is 55.9 Å². The smallest absolute Gasteiger partial charge is 0.171 e. The summed E-state index contributed by atoms with van der Waals surface area (Å²) >= 11 is 1.15. The molecule has 2 heterocycles. The van der Waals surface area contributed by atoms with Gasteiger partial charge in [-0.25, -0.2) is 4.98 Å². The Hall–Kier alpha value is -2.14. The van der Waals surface area contributed by atoms with Crippen LogP contribution in [0.5, 0.6) is 5.75 Å². The molecule has 0 saturated carbocycles. The van der Waals surface area contributed by atoms with E-state index in [0.717, 1.165) is 40.5 Å². The van der Waals surface area contributed by atoms with Gasteiger partial charge in [-0.2, -0.15) is 0 Å². The first-order valence-corrected chi connectivity index (χ1v) is 12.4. The fraction of sp³-hybridized carbons (Fsp3) is 0.480. The Morgan fingerprint density at radius 2 is 1.76 bits per heavy atom. The van der Waals surface area contributed by atoms with Crippen molar-refractivity contribution in [1.29, 1.82) is 0 Å². The third-order valence-corrected chi connectivity index (χ3v) is 7.09. The van der Waals surface area contributed by atoms with Crippen LogP contribution in [-0.2, 0) is 11.3 Å². The van der Waals surface area contributed by atoms with Crippen molar-refractivity contribution in [2.75, 3.05) is 13.2 Å². The first-order chi connectivity index (χ1) is 16.4. The van der Waals surface area contributed by atoms with Crippen LogP contribution in [0, 0.1) is 5.92 Å². The number of rotatable bonds is 9. The molecule has 5 atom stereocenters. The maximum absolute atomic E-state index is 10.5. The van der Waals surface area contributed by atoms with E-state index in [1.165, 1.54) is 0 Å². The van der Waals surface area contributed by atoms with Gasteiger partial charge in [-0.05, 0) is 30.5 Å². The minimum Gasteiger partial charge on any atom is -0.493 e. The summed E-state index contributed by atoms with van der Waals surface area (Å²) in [5, 5.41) is 40.9. The largest absolute Gasteiger partial charge is 0.493 e. The third kappa shape index (κ3) is 5.40. The lowest BCUT2D eigenvalue weighted by atomic mass is 10.0. The quantitative estimate of drug-likeness (QED) is 0.363. The molecule has 1 aromatic heterocycles. The van der Waals surface area contributed by atoms with Gasteiger partial charge < -0.3 is 34.5 Å². The van der Waals surface area contributed by atoms with E-state index in [1.807, 2.05) is 53.1 Å². The highest BCUT2D eigenvalue weighted by molar-refractivity contribution is 7.99. The number of benzene rings is 2. The number of hydrogen-bond donors (Lipinski definition) is 4. The summed E-state index contributed by atoms with van der Waals surface area (Å²) in [4.78, 5) is 4.73. The van der Waals surface area contributed by atoms with Gasteiger partial charge in [0.15, 0.2) is 5.16 Å². The maximum atomic E-state index is 10.5. The zero-order valence-corrected chi connectivity index (χ0v) is 20.1. The fourth-order valence-electron chi connectivity index (χ4n) is 3.91. The monoisotopic (exact) mass is 488 g/mol. The zero-order chi connectivity index (χ0) is 24.2. The SMILES string of the molecule is CC(C)CCOc1ccccc1Cn1c(SC2OC(CO)C(O)C(O)C2O)nc2ccccc21. The number of nitrogens with zero attached hydrogens (tertiary/aromatic N) is 2. The number of ether oxygens (including phenoxy) is 2. The molecule has 0 spiro atoms. The molecule has 1 aliphatic heterocycles. The van der Waals surface area contributed by atoms with Gasteiger partial charge in [0.05, 0.1) is 30.8 Å². The van der Waals surface area contributed by atoms with E-state index >= 15 is 0 Å². The van der Waals surface area contributed by atoms with Gasteiger partial charge in [-0.15, -0.1) is 0 Å². The van der Waals surface area contributed by atoms with Gasteiger partial charge in [-0.3, -0.25) is 0 Å². The van der Waals surface area contributed by atoms with E-state index in [-0.39, 0.29) is 0 Å². The second-order valence-electron chi connectivity index (χ2n) is 8.92. The molecule has 4 N–H and O–H groups in total. The average molecular weight is 489 g/mol. The van der Waals surface area contributed by atoms with Crippen LogP contribution in [0.2, 0.25) is 0 Å². The van der Waals surface area contributed by atoms with E-state index in [0.29, 0.717) is 24.2 Å². The number of aliphatic hydroxyl groups is 4. The topological polar surface area (TPSA) is 117 Å². The molecular formula is C25H32N2O6S. The van der Waals surface area contributed by atoms with E-state index in [2.05, 4.69) is 13.8 Å². The Morgan fingerprint density at radius 3 is 2.53 bits per heavy atom. The van der Waals surface area contributed by atoms with Gasteiger partial charge >= 0.3 is 0 Å². The predicted molar refractivity (Wildman–Crippen MR) is 130 cm³/mol. The van der Waals surface area contributed by atoms with Gasteiger partial charge in [0, 0.05) is 5.56 Å². The molecule has 0 amide bonds. The van der Waals surface area contributed by atoms with Crippen molar-refractivity contribution in [3.63, 3.8) is 0 Å². The third-order valence-electron chi connectivity index (χ3n) is 5.94. The van der Waals surface area contributed by atoms with Gasteiger partial charge in [0.25, 0.3) is 0 Å². The van der Waals surface area contributed by atoms with Crippen LogP contribution in [0.25, 0.3) is 11.0 Å². The minimum absolute atomic E-state index is 0.473. The molecular weight excluding hydrogens is 456 g/mol. The van der Waals surface area contributed by atoms with Crippen LogP contribution in [0.1, 0.15) is 25.8 Å². The Morgan fingerprint density at radius 1 is 1.03 bits per heavy atom. The lowest BCUT2D eigenvalue weighted by molar-refractivity contribution is -0.205. The van der Waals surface area contributed by atoms with Crippen molar-refractivity contribution in [2.45, 2.75) is 61.8 Å². The summed E-state index contributed by atoms with van der Waals surface area (Å²) in [6.45, 7) is 4.97. The first-order valence-electron chi connectivity index (χ1n) is 11.5. The Kier molecular flexibility index (Phi) is 8.13. The van der Waals surface area contributed by atoms with Crippen LogP contribution in [0.3, 0.4) is 0 Å². The molecule has 9 heteroatoms. The number of imidazole rings is 1. The second-order valence-corrected chi connectivity index (χ2v) is 9.99. The Bertz CT molecular complexity index is 1090. The molecule has 4 rings (SSSR count). The van der Waals surface area contributed by atoms with Crippen molar-refractivity contribution in [3.05, 3.63) is 54.1 Å². The maximum Gasteiger partial charge on any atom is 0.171 e. The van der Waals surface area contributed by atoms with E-state index in [1.54, 1.807) is 0 Å². The van der Waals surface area contributed by atoms with Crippen molar-refractivity contribution < 1.29 is 29.9 Å². The van der Waals surface area contributed by atoms with Crippen LogP contribution < -0.4 is 4.74 Å². The number of thioether (sulfide) groups is 1. The lowest BCUT2D eigenvalue weighted by Gasteiger charge is -2.39. The van der Waals surface area contributed by atoms with Crippen LogP contribution >= 0.6 is 11.8 Å². The molecule has 0 aliphatic carbocycles. The fourth-order valence-corrected chi connectivity index (χ4v) is 5.06. The van der Waals surface area contributed by atoms with Crippen molar-refractivity contribution in [2.24, 2.45) is 5.92 Å². The van der Waals surface area contributed by atoms with Crippen molar-refractivity contribution >= 4 is 22.8 Å². The van der Waals surface area contributed by atoms with Crippen LogP contribution in [0.15, 0.2) is 53.7 Å². The van der Waals surface area contributed by atoms with Gasteiger partial charge in [0.1, 0.15) is 35.6 Å². The molecule has 2 aromatic carbocycles. The number of aromatic nitrogens is 2. The minimum atomic E-state index is -1.43. The highest BCUT2D eigenvalue weighted by Gasteiger charge is 2.44. The summed E-state index contributed by atoms with van der Waals surface area (Å²) in [6, 6.07) is 15.6. The number of aliphatic hydroxyl groups excluding tert-OH is 4. The van der Waals surface area contributed by atoms with Gasteiger partial charge in [0.2, 0.25) is 0 Å². The standard InChI is InChI=1S/C25H32N2O6S/c1-15(2)11-12-32-19-10-6-3-7-16(19)13-27-18-9-5-4-8-17(18)26-25(27)34-24-23(31)22(30)21(29)20(14-28)33-24/h3-10,15,20-24,28-31H,11-14H2,1-2H3. The van der Waals surface area contributed by atoms with Crippen LogP contribution in [-0.4, -0.2) is 73.0 Å². The normalized spacial score (nSPS) is 25.2. The molecule has 3 aromatic rings. The van der Waals surface area contributed by atoms with E-state index in [9.17, 15) is 20.4 Å². The first kappa shape index (κ1) is 25.0. The summed E-state index contributed by atoms with van der Waals surface area (Å²) in [7, 11) is 0. The summed E-state index contributed by atoms with van der Waals surface area (Å²) in [5.74, 6) is 1.36. The number of para-hydroxylation sites is 3. The summed E-state index contributed by atoms with van der Waals surface area (Å²) in [6.07, 6.45) is -4.19. The molecule has 5 unspecified atom stereocenters. The summed E-state index contributed by atoms with van der Waals surface area (Å²) < 4.78 is 13.8. The molecule has 0 radical (unpaired) electrons. The second kappa shape index (κ2) is 11.1. The Labute approximate surface area is 203 Å². The number of hydrogen-bond acceptors (Lipinski definition) is 8. The number of fused-ring (bicyclic) bond motifs is 1. The molecule has 8 nitrogen and oxygen atoms in total. The lowest BCUT2D eigenvalue weighted by Crippen LogP contribution is -2.57. The molecule has 1 saturated heterocycles. The molecule has 0 bridgehead atoms. The van der Waals surface area contributed by atoms with Crippen LogP contribution in [0.4, 0.5) is 0 Å². The van der Waals surface area contributed by atoms with Crippen molar-refractivity contribution in [3.8, 4) is 5.75 Å². The zero-order valence-electron chi connectivity index (χ0n) is 19.3. The highest BCUT2D eigenvalue weighted by Crippen LogP contribution is 2.35. The van der Waals surface area contributed by atoms with E-state index < -0.39 is 36.5 Å². The average Bonchev–Trinajstić information content (AvgIpc) is 3.17. The summed E-state index contributed by atoms with van der Waals surface area (Å²) in [5.41, 5.74) is 1.77. The molecule has 1 aliphatic rings. The van der Waals surface area contributed by atoms with Crippen molar-refractivity contribution in [1.82, 2.24) is 9.55 Å². The molecule has 184 valence electrons. The predicted octanol–water partition coefficient (Wildman–Crippen LogP) is 2.40.